The number of hydrogen-bond acceptors (Lipinski definition) is 7. The minimum Gasteiger partial charge on any atom is -0.493 e. The Balaban J connectivity index is 1.70. The van der Waals surface area contributed by atoms with Crippen molar-refractivity contribution >= 4 is 11.6 Å². The van der Waals surface area contributed by atoms with Gasteiger partial charge in [0, 0.05) is 38.3 Å². The van der Waals surface area contributed by atoms with Crippen molar-refractivity contribution in [2.24, 2.45) is 0 Å². The summed E-state index contributed by atoms with van der Waals surface area (Å²) in [5.74, 6) is 0.308. The zero-order chi connectivity index (χ0) is 21.8. The van der Waals surface area contributed by atoms with Gasteiger partial charge in [-0.05, 0) is 25.1 Å². The van der Waals surface area contributed by atoms with Crippen LogP contribution in [0.4, 0.5) is 14.5 Å². The fourth-order valence-electron chi connectivity index (χ4n) is 3.29. The molecule has 1 aromatic heterocycles. The molecule has 3 rings (SSSR count). The first-order valence-electron chi connectivity index (χ1n) is 9.16. The van der Waals surface area contributed by atoms with E-state index in [4.69, 9.17) is 9.15 Å². The highest BCUT2D eigenvalue weighted by atomic mass is 19.3. The van der Waals surface area contributed by atoms with E-state index in [-0.39, 0.29) is 29.6 Å². The first-order chi connectivity index (χ1) is 14.3. The number of piperazine rings is 1. The zero-order valence-corrected chi connectivity index (χ0v) is 16.5. The van der Waals surface area contributed by atoms with Gasteiger partial charge in [0.2, 0.25) is 0 Å². The molecule has 1 fully saturated rings. The molecular formula is C19H21F2N3O6. The van der Waals surface area contributed by atoms with E-state index in [1.54, 1.807) is 24.0 Å². The van der Waals surface area contributed by atoms with Gasteiger partial charge in [-0.3, -0.25) is 19.8 Å². The van der Waals surface area contributed by atoms with Gasteiger partial charge in [-0.25, -0.2) is 0 Å². The lowest BCUT2D eigenvalue weighted by molar-refractivity contribution is -0.385. The summed E-state index contributed by atoms with van der Waals surface area (Å²) in [7, 11) is 1.27. The van der Waals surface area contributed by atoms with Crippen molar-refractivity contribution in [1.29, 1.82) is 0 Å². The number of rotatable bonds is 7. The number of methoxy groups -OCH3 is 1. The van der Waals surface area contributed by atoms with Gasteiger partial charge in [0.25, 0.3) is 11.6 Å². The Hall–Kier alpha value is -3.21. The van der Waals surface area contributed by atoms with Crippen LogP contribution in [0.3, 0.4) is 0 Å². The van der Waals surface area contributed by atoms with E-state index in [2.05, 4.69) is 4.74 Å². The number of alkyl halides is 2. The van der Waals surface area contributed by atoms with E-state index in [9.17, 15) is 23.7 Å². The summed E-state index contributed by atoms with van der Waals surface area (Å²) in [5, 5.41) is 11.4. The van der Waals surface area contributed by atoms with Crippen LogP contribution in [0.15, 0.2) is 28.7 Å². The van der Waals surface area contributed by atoms with Gasteiger partial charge >= 0.3 is 6.61 Å². The van der Waals surface area contributed by atoms with Crippen LogP contribution in [0.2, 0.25) is 0 Å². The molecule has 11 heteroatoms. The van der Waals surface area contributed by atoms with Crippen LogP contribution in [-0.4, -0.2) is 60.5 Å². The maximum absolute atomic E-state index is 12.6. The summed E-state index contributed by atoms with van der Waals surface area (Å²) >= 11 is 0. The Bertz CT molecular complexity index is 925. The Morgan fingerprint density at radius 2 is 1.93 bits per heavy atom. The molecule has 1 aliphatic rings. The zero-order valence-electron chi connectivity index (χ0n) is 16.5. The average Bonchev–Trinajstić information content (AvgIpc) is 3.14. The number of nitrogens with zero attached hydrogens (tertiary/aromatic N) is 3. The monoisotopic (exact) mass is 425 g/mol. The van der Waals surface area contributed by atoms with Crippen LogP contribution in [0.25, 0.3) is 0 Å². The molecule has 1 aliphatic heterocycles. The van der Waals surface area contributed by atoms with Crippen LogP contribution in [-0.2, 0) is 6.54 Å². The third kappa shape index (κ3) is 4.85. The molecule has 1 aromatic carbocycles. The van der Waals surface area contributed by atoms with Gasteiger partial charge in [0.15, 0.2) is 17.3 Å². The standard InChI is InChI=1S/C19H21F2N3O6/c1-12-3-4-15(29-12)18(25)23-7-5-22(6-8-23)11-13-9-16(28-2)17(30-19(20)21)10-14(13)24(26)27/h3-4,9-10,19H,5-8,11H2,1-2H3. The largest absolute Gasteiger partial charge is 0.493 e. The van der Waals surface area contributed by atoms with Crippen LogP contribution in [0, 0.1) is 17.0 Å². The molecule has 30 heavy (non-hydrogen) atoms. The number of nitro groups is 1. The van der Waals surface area contributed by atoms with Crippen molar-refractivity contribution in [2.45, 2.75) is 20.1 Å². The van der Waals surface area contributed by atoms with Gasteiger partial charge in [-0.2, -0.15) is 8.78 Å². The first-order valence-corrected chi connectivity index (χ1v) is 9.16. The van der Waals surface area contributed by atoms with Crippen LogP contribution >= 0.6 is 0 Å². The van der Waals surface area contributed by atoms with Gasteiger partial charge < -0.3 is 18.8 Å². The van der Waals surface area contributed by atoms with Gasteiger partial charge in [-0.1, -0.05) is 0 Å². The second kappa shape index (κ2) is 9.08. The molecule has 9 nitrogen and oxygen atoms in total. The molecular weight excluding hydrogens is 404 g/mol. The second-order valence-electron chi connectivity index (χ2n) is 6.75. The fraction of sp³-hybridized carbons (Fsp3) is 0.421. The number of ether oxygens (including phenoxy) is 2. The smallest absolute Gasteiger partial charge is 0.387 e. The molecule has 0 spiro atoms. The molecule has 2 aromatic rings. The Morgan fingerprint density at radius 1 is 1.23 bits per heavy atom. The minimum absolute atomic E-state index is 0.0158. The third-order valence-corrected chi connectivity index (χ3v) is 4.78. The highest BCUT2D eigenvalue weighted by Crippen LogP contribution is 2.36. The second-order valence-corrected chi connectivity index (χ2v) is 6.75. The molecule has 0 unspecified atom stereocenters. The predicted octanol–water partition coefficient (Wildman–Crippen LogP) is 3.06. The summed E-state index contributed by atoms with van der Waals surface area (Å²) in [5.41, 5.74) is -0.0316. The fourth-order valence-corrected chi connectivity index (χ4v) is 3.29. The van der Waals surface area contributed by atoms with Crippen LogP contribution in [0.5, 0.6) is 11.5 Å². The molecule has 1 amide bonds. The van der Waals surface area contributed by atoms with Gasteiger partial charge in [0.1, 0.15) is 5.76 Å². The van der Waals surface area contributed by atoms with Crippen molar-refractivity contribution in [3.63, 3.8) is 0 Å². The maximum atomic E-state index is 12.6. The van der Waals surface area contributed by atoms with Gasteiger partial charge in [-0.15, -0.1) is 0 Å². The number of halogens is 2. The van der Waals surface area contributed by atoms with E-state index in [0.29, 0.717) is 37.5 Å². The molecule has 1 saturated heterocycles. The van der Waals surface area contributed by atoms with E-state index < -0.39 is 17.3 Å². The van der Waals surface area contributed by atoms with Crippen LogP contribution in [0.1, 0.15) is 21.9 Å². The summed E-state index contributed by atoms with van der Waals surface area (Å²) in [6.45, 7) is 0.650. The lowest BCUT2D eigenvalue weighted by Gasteiger charge is -2.34. The van der Waals surface area contributed by atoms with E-state index in [1.807, 2.05) is 4.90 Å². The van der Waals surface area contributed by atoms with Crippen molar-refractivity contribution in [3.8, 4) is 11.5 Å². The minimum atomic E-state index is -3.13. The summed E-state index contributed by atoms with van der Waals surface area (Å²) in [6.07, 6.45) is 0. The lowest BCUT2D eigenvalue weighted by Crippen LogP contribution is -2.48. The highest BCUT2D eigenvalue weighted by molar-refractivity contribution is 5.91. The number of benzene rings is 1. The molecule has 0 N–H and O–H groups in total. The summed E-state index contributed by atoms with van der Waals surface area (Å²) < 4.78 is 39.9. The SMILES string of the molecule is COc1cc(CN2CCN(C(=O)c3ccc(C)o3)CC2)c([N+](=O)[O-])cc1OC(F)F. The molecule has 0 saturated carbocycles. The highest BCUT2D eigenvalue weighted by Gasteiger charge is 2.27. The average molecular weight is 425 g/mol. The molecule has 2 heterocycles. The normalized spacial score (nSPS) is 14.8. The van der Waals surface area contributed by atoms with Crippen LogP contribution < -0.4 is 9.47 Å². The lowest BCUT2D eigenvalue weighted by atomic mass is 10.1. The number of furan rings is 1. The van der Waals surface area contributed by atoms with E-state index in [0.717, 1.165) is 6.07 Å². The van der Waals surface area contributed by atoms with Crippen molar-refractivity contribution < 1.29 is 32.4 Å². The Labute approximate surface area is 170 Å². The van der Waals surface area contributed by atoms with E-state index in [1.165, 1.54) is 13.2 Å². The van der Waals surface area contributed by atoms with E-state index >= 15 is 0 Å². The number of hydrogen-bond donors (Lipinski definition) is 0. The maximum Gasteiger partial charge on any atom is 0.387 e. The number of amides is 1. The van der Waals surface area contributed by atoms with Gasteiger partial charge in [0.05, 0.1) is 18.1 Å². The Kier molecular flexibility index (Phi) is 6.50. The third-order valence-electron chi connectivity index (χ3n) is 4.78. The summed E-state index contributed by atoms with van der Waals surface area (Å²) in [4.78, 5) is 26.9. The molecule has 0 radical (unpaired) electrons. The molecule has 0 bridgehead atoms. The quantitative estimate of drug-likeness (QED) is 0.497. The van der Waals surface area contributed by atoms with Crippen molar-refractivity contribution in [2.75, 3.05) is 33.3 Å². The number of carbonyl (C=O) groups is 1. The van der Waals surface area contributed by atoms with Crippen molar-refractivity contribution in [3.05, 3.63) is 51.5 Å². The molecule has 0 aliphatic carbocycles. The molecule has 0 atom stereocenters. The Morgan fingerprint density at radius 3 is 2.47 bits per heavy atom. The molecule has 162 valence electrons. The first kappa shape index (κ1) is 21.5. The van der Waals surface area contributed by atoms with Crippen molar-refractivity contribution in [1.82, 2.24) is 9.80 Å². The summed E-state index contributed by atoms with van der Waals surface area (Å²) in [6, 6.07) is 5.62. The number of nitro benzene ring substituents is 1. The number of carbonyl (C=O) groups excluding carboxylic acids is 1. The number of aryl methyl sites for hydroxylation is 1. The topological polar surface area (TPSA) is 98.3 Å². The predicted molar refractivity (Wildman–Crippen MR) is 101 cm³/mol.